The van der Waals surface area contributed by atoms with Crippen molar-refractivity contribution in [3.63, 3.8) is 0 Å². The van der Waals surface area contributed by atoms with Crippen LogP contribution in [0.25, 0.3) is 0 Å². The van der Waals surface area contributed by atoms with Crippen molar-refractivity contribution in [2.45, 2.75) is 38.1 Å². The van der Waals surface area contributed by atoms with E-state index in [1.807, 2.05) is 12.1 Å². The van der Waals surface area contributed by atoms with Gasteiger partial charge in [0.15, 0.2) is 6.29 Å². The summed E-state index contributed by atoms with van der Waals surface area (Å²) in [4.78, 5) is 17.9. The molecule has 17 heavy (non-hydrogen) atoms. The summed E-state index contributed by atoms with van der Waals surface area (Å²) in [5, 5.41) is 0. The Morgan fingerprint density at radius 2 is 2.18 bits per heavy atom. The third-order valence-corrected chi connectivity index (χ3v) is 4.21. The van der Waals surface area contributed by atoms with Crippen LogP contribution < -0.4 is 4.90 Å². The number of anilines is 1. The Kier molecular flexibility index (Phi) is 2.83. The van der Waals surface area contributed by atoms with Crippen LogP contribution in [0.3, 0.4) is 0 Å². The van der Waals surface area contributed by atoms with E-state index in [0.29, 0.717) is 6.04 Å². The molecule has 3 rings (SSSR count). The molecule has 0 amide bonds. The Bertz CT molecular complexity index is 418. The summed E-state index contributed by atoms with van der Waals surface area (Å²) < 4.78 is 0. The first-order chi connectivity index (χ1) is 8.40. The molecule has 0 N–H and O–H groups in total. The van der Waals surface area contributed by atoms with Gasteiger partial charge in [-0.1, -0.05) is 6.42 Å². The first kappa shape index (κ1) is 10.8. The number of rotatable bonds is 2. The highest BCUT2D eigenvalue weighted by Crippen LogP contribution is 2.39. The van der Waals surface area contributed by atoms with E-state index in [1.54, 1.807) is 6.20 Å². The summed E-state index contributed by atoms with van der Waals surface area (Å²) in [6, 6.07) is 4.33. The van der Waals surface area contributed by atoms with Crippen molar-refractivity contribution in [3.05, 3.63) is 23.9 Å². The number of carbonyl (C=O) groups is 1. The van der Waals surface area contributed by atoms with Crippen LogP contribution in [0.4, 0.5) is 5.82 Å². The Labute approximate surface area is 102 Å². The maximum atomic E-state index is 11.1. The number of carbonyl (C=O) groups excluding carboxylic acids is 1. The lowest BCUT2D eigenvalue weighted by molar-refractivity contribution is 0.112. The van der Waals surface area contributed by atoms with Crippen molar-refractivity contribution in [3.8, 4) is 0 Å². The maximum absolute atomic E-state index is 11.1. The number of aromatic nitrogens is 1. The lowest BCUT2D eigenvalue weighted by Gasteiger charge is -2.39. The third-order valence-electron chi connectivity index (χ3n) is 4.21. The molecule has 2 atom stereocenters. The fraction of sp³-hybridized carbons (Fsp3) is 0.571. The third kappa shape index (κ3) is 1.84. The molecule has 90 valence electrons. The highest BCUT2D eigenvalue weighted by Gasteiger charge is 2.36. The summed E-state index contributed by atoms with van der Waals surface area (Å²) in [6.45, 7) is 1.05. The summed E-state index contributed by atoms with van der Waals surface area (Å²) in [7, 11) is 0. The van der Waals surface area contributed by atoms with E-state index in [-0.39, 0.29) is 0 Å². The molecule has 3 nitrogen and oxygen atoms in total. The van der Waals surface area contributed by atoms with Gasteiger partial charge < -0.3 is 4.90 Å². The number of fused-ring (bicyclic) bond motifs is 1. The molecular weight excluding hydrogens is 212 g/mol. The molecule has 3 heteroatoms. The zero-order chi connectivity index (χ0) is 11.7. The average molecular weight is 230 g/mol. The standard InChI is InChI=1S/C14H18N2O/c17-10-12-5-2-8-15-14(12)16-9-3-6-11-4-1-7-13(11)16/h2,5,8,10-11,13H,1,3-4,6-7,9H2. The van der Waals surface area contributed by atoms with Crippen LogP contribution in [-0.4, -0.2) is 23.9 Å². The minimum absolute atomic E-state index is 0.623. The van der Waals surface area contributed by atoms with E-state index in [2.05, 4.69) is 9.88 Å². The lowest BCUT2D eigenvalue weighted by Crippen LogP contribution is -2.43. The lowest BCUT2D eigenvalue weighted by atomic mass is 9.91. The SMILES string of the molecule is O=Cc1cccnc1N1CCCC2CCCC21. The van der Waals surface area contributed by atoms with Gasteiger partial charge in [0.05, 0.1) is 5.56 Å². The fourth-order valence-corrected chi connectivity index (χ4v) is 3.46. The van der Waals surface area contributed by atoms with Crippen molar-refractivity contribution >= 4 is 12.1 Å². The fourth-order valence-electron chi connectivity index (χ4n) is 3.46. The van der Waals surface area contributed by atoms with E-state index >= 15 is 0 Å². The van der Waals surface area contributed by atoms with Gasteiger partial charge in [0.25, 0.3) is 0 Å². The Hall–Kier alpha value is -1.38. The summed E-state index contributed by atoms with van der Waals surface area (Å²) in [6.07, 6.45) is 9.25. The first-order valence-corrected chi connectivity index (χ1v) is 6.57. The average Bonchev–Trinajstić information content (AvgIpc) is 2.86. The first-order valence-electron chi connectivity index (χ1n) is 6.57. The molecule has 2 fully saturated rings. The highest BCUT2D eigenvalue weighted by molar-refractivity contribution is 5.82. The summed E-state index contributed by atoms with van der Waals surface area (Å²) in [5.74, 6) is 1.73. The van der Waals surface area contributed by atoms with E-state index in [4.69, 9.17) is 0 Å². The Morgan fingerprint density at radius 1 is 1.29 bits per heavy atom. The normalized spacial score (nSPS) is 27.9. The largest absolute Gasteiger partial charge is 0.353 e. The predicted octanol–water partition coefficient (Wildman–Crippen LogP) is 2.66. The molecule has 1 saturated heterocycles. The van der Waals surface area contributed by atoms with Crippen LogP contribution in [0, 0.1) is 5.92 Å². The minimum Gasteiger partial charge on any atom is -0.353 e. The van der Waals surface area contributed by atoms with Gasteiger partial charge >= 0.3 is 0 Å². The van der Waals surface area contributed by atoms with Crippen LogP contribution in [-0.2, 0) is 0 Å². The molecule has 1 aromatic rings. The Morgan fingerprint density at radius 3 is 3.06 bits per heavy atom. The quantitative estimate of drug-likeness (QED) is 0.732. The van der Waals surface area contributed by atoms with Crippen molar-refractivity contribution in [1.29, 1.82) is 0 Å². The number of hydrogen-bond acceptors (Lipinski definition) is 3. The second-order valence-corrected chi connectivity index (χ2v) is 5.13. The van der Waals surface area contributed by atoms with Crippen molar-refractivity contribution < 1.29 is 4.79 Å². The molecular formula is C14H18N2O. The molecule has 0 spiro atoms. The molecule has 1 aliphatic heterocycles. The molecule has 2 aliphatic rings. The number of aldehydes is 1. The van der Waals surface area contributed by atoms with Crippen LogP contribution in [0.2, 0.25) is 0 Å². The van der Waals surface area contributed by atoms with Crippen LogP contribution in [0.1, 0.15) is 42.5 Å². The number of piperidine rings is 1. The van der Waals surface area contributed by atoms with Crippen molar-refractivity contribution in [1.82, 2.24) is 4.98 Å². The maximum Gasteiger partial charge on any atom is 0.153 e. The van der Waals surface area contributed by atoms with Crippen molar-refractivity contribution in [2.75, 3.05) is 11.4 Å². The number of pyridine rings is 1. The molecule has 1 aliphatic carbocycles. The van der Waals surface area contributed by atoms with Gasteiger partial charge in [-0.2, -0.15) is 0 Å². The van der Waals surface area contributed by atoms with Gasteiger partial charge in [-0.3, -0.25) is 4.79 Å². The van der Waals surface area contributed by atoms with E-state index < -0.39 is 0 Å². The van der Waals surface area contributed by atoms with E-state index in [1.165, 1.54) is 32.1 Å². The van der Waals surface area contributed by atoms with Gasteiger partial charge in [-0.05, 0) is 43.7 Å². The van der Waals surface area contributed by atoms with Gasteiger partial charge in [-0.15, -0.1) is 0 Å². The smallest absolute Gasteiger partial charge is 0.153 e. The molecule has 1 aromatic heterocycles. The van der Waals surface area contributed by atoms with Crippen LogP contribution >= 0.6 is 0 Å². The molecule has 2 heterocycles. The minimum atomic E-state index is 0.623. The number of nitrogens with zero attached hydrogens (tertiary/aromatic N) is 2. The second kappa shape index (κ2) is 4.47. The number of hydrogen-bond donors (Lipinski definition) is 0. The zero-order valence-electron chi connectivity index (χ0n) is 10.0. The van der Waals surface area contributed by atoms with Gasteiger partial charge in [0.2, 0.25) is 0 Å². The topological polar surface area (TPSA) is 33.2 Å². The second-order valence-electron chi connectivity index (χ2n) is 5.13. The van der Waals surface area contributed by atoms with Gasteiger partial charge in [-0.25, -0.2) is 4.98 Å². The monoisotopic (exact) mass is 230 g/mol. The van der Waals surface area contributed by atoms with E-state index in [9.17, 15) is 4.79 Å². The highest BCUT2D eigenvalue weighted by atomic mass is 16.1. The van der Waals surface area contributed by atoms with Crippen LogP contribution in [0.5, 0.6) is 0 Å². The van der Waals surface area contributed by atoms with Crippen LogP contribution in [0.15, 0.2) is 18.3 Å². The molecule has 0 bridgehead atoms. The summed E-state index contributed by atoms with van der Waals surface area (Å²) in [5.41, 5.74) is 0.736. The van der Waals surface area contributed by atoms with Gasteiger partial charge in [0.1, 0.15) is 5.82 Å². The van der Waals surface area contributed by atoms with E-state index in [0.717, 1.165) is 30.1 Å². The van der Waals surface area contributed by atoms with Gasteiger partial charge in [0, 0.05) is 18.8 Å². The Balaban J connectivity index is 1.94. The summed E-state index contributed by atoms with van der Waals surface area (Å²) >= 11 is 0. The zero-order valence-corrected chi connectivity index (χ0v) is 10.0. The predicted molar refractivity (Wildman–Crippen MR) is 67.3 cm³/mol. The van der Waals surface area contributed by atoms with Crippen molar-refractivity contribution in [2.24, 2.45) is 5.92 Å². The molecule has 0 aromatic carbocycles. The molecule has 1 saturated carbocycles. The molecule has 0 radical (unpaired) electrons. The molecule has 2 unspecified atom stereocenters.